The number of rotatable bonds is 3. The van der Waals surface area contributed by atoms with Crippen molar-refractivity contribution < 1.29 is 9.90 Å². The highest BCUT2D eigenvalue weighted by atomic mass is 16.3. The van der Waals surface area contributed by atoms with Crippen molar-refractivity contribution in [2.45, 2.75) is 0 Å². The molecule has 3 aromatic carbocycles. The summed E-state index contributed by atoms with van der Waals surface area (Å²) >= 11 is 0. The summed E-state index contributed by atoms with van der Waals surface area (Å²) in [5, 5.41) is 12.1. The molecule has 0 atom stereocenters. The quantitative estimate of drug-likeness (QED) is 0.642. The minimum absolute atomic E-state index is 0.187. The summed E-state index contributed by atoms with van der Waals surface area (Å²) in [6.07, 6.45) is 0. The number of phenolic OH excluding ortho intramolecular Hbond substituents is 1. The largest absolute Gasteiger partial charge is 0.508 e. The molecule has 3 aromatic rings. The molecule has 4 N–H and O–H groups in total. The van der Waals surface area contributed by atoms with Crippen LogP contribution in [0.25, 0.3) is 11.1 Å². The molecule has 4 heteroatoms. The second-order valence-corrected chi connectivity index (χ2v) is 5.20. The highest BCUT2D eigenvalue weighted by Gasteiger charge is 2.07. The smallest absolute Gasteiger partial charge is 0.255 e. The van der Waals surface area contributed by atoms with Gasteiger partial charge in [0.1, 0.15) is 5.75 Å². The third kappa shape index (κ3) is 3.49. The van der Waals surface area contributed by atoms with E-state index < -0.39 is 0 Å². The van der Waals surface area contributed by atoms with Gasteiger partial charge in [0, 0.05) is 16.9 Å². The standard InChI is InChI=1S/C19H16N2O2/c20-16-2-1-3-17(12-16)21-19(23)15-6-4-13(5-7-15)14-8-10-18(22)11-9-14/h1-12,22H,20H2,(H,21,23). The first-order chi connectivity index (χ1) is 11.1. The summed E-state index contributed by atoms with van der Waals surface area (Å²) in [5.41, 5.74) is 9.49. The van der Waals surface area contributed by atoms with Gasteiger partial charge < -0.3 is 16.2 Å². The zero-order valence-corrected chi connectivity index (χ0v) is 12.4. The van der Waals surface area contributed by atoms with Gasteiger partial charge in [-0.1, -0.05) is 30.3 Å². The van der Waals surface area contributed by atoms with Crippen molar-refractivity contribution in [2.24, 2.45) is 0 Å². The van der Waals surface area contributed by atoms with E-state index in [-0.39, 0.29) is 11.7 Å². The average Bonchev–Trinajstić information content (AvgIpc) is 2.56. The fraction of sp³-hybridized carbons (Fsp3) is 0. The number of carbonyl (C=O) groups is 1. The second-order valence-electron chi connectivity index (χ2n) is 5.20. The van der Waals surface area contributed by atoms with Crippen LogP contribution in [0, 0.1) is 0 Å². The lowest BCUT2D eigenvalue weighted by Crippen LogP contribution is -2.11. The first-order valence-corrected chi connectivity index (χ1v) is 7.18. The van der Waals surface area contributed by atoms with Crippen molar-refractivity contribution in [3.05, 3.63) is 78.4 Å². The molecule has 3 rings (SSSR count). The van der Waals surface area contributed by atoms with E-state index in [1.54, 1.807) is 48.5 Å². The van der Waals surface area contributed by atoms with E-state index >= 15 is 0 Å². The fourth-order valence-electron chi connectivity index (χ4n) is 2.29. The molecule has 0 aliphatic rings. The van der Waals surface area contributed by atoms with Gasteiger partial charge in [0.2, 0.25) is 0 Å². The van der Waals surface area contributed by atoms with Crippen LogP contribution in [0.4, 0.5) is 11.4 Å². The van der Waals surface area contributed by atoms with Crippen molar-refractivity contribution >= 4 is 17.3 Å². The van der Waals surface area contributed by atoms with Crippen LogP contribution >= 0.6 is 0 Å². The Morgan fingerprint density at radius 1 is 0.870 bits per heavy atom. The van der Waals surface area contributed by atoms with E-state index in [9.17, 15) is 9.90 Å². The van der Waals surface area contributed by atoms with Gasteiger partial charge in [-0.15, -0.1) is 0 Å². The van der Waals surface area contributed by atoms with E-state index in [1.807, 2.05) is 24.3 Å². The molecule has 1 amide bonds. The lowest BCUT2D eigenvalue weighted by atomic mass is 10.0. The number of aromatic hydroxyl groups is 1. The summed E-state index contributed by atoms with van der Waals surface area (Å²) in [6.45, 7) is 0. The van der Waals surface area contributed by atoms with Crippen molar-refractivity contribution in [3.8, 4) is 16.9 Å². The summed E-state index contributed by atoms with van der Waals surface area (Å²) in [7, 11) is 0. The Kier molecular flexibility index (Phi) is 3.97. The maximum atomic E-state index is 12.2. The number of nitrogens with two attached hydrogens (primary N) is 1. The van der Waals surface area contributed by atoms with E-state index in [0.717, 1.165) is 11.1 Å². The van der Waals surface area contributed by atoms with E-state index in [0.29, 0.717) is 16.9 Å². The zero-order valence-electron chi connectivity index (χ0n) is 12.4. The van der Waals surface area contributed by atoms with Crippen molar-refractivity contribution in [3.63, 3.8) is 0 Å². The number of carbonyl (C=O) groups excluding carboxylic acids is 1. The maximum Gasteiger partial charge on any atom is 0.255 e. The van der Waals surface area contributed by atoms with Gasteiger partial charge in [0.25, 0.3) is 5.91 Å². The number of benzene rings is 3. The number of nitrogens with one attached hydrogen (secondary N) is 1. The zero-order chi connectivity index (χ0) is 16.2. The van der Waals surface area contributed by atoms with Crippen LogP contribution in [0.2, 0.25) is 0 Å². The summed E-state index contributed by atoms with van der Waals surface area (Å²) < 4.78 is 0. The third-order valence-corrected chi connectivity index (χ3v) is 3.49. The van der Waals surface area contributed by atoms with Gasteiger partial charge in [0.15, 0.2) is 0 Å². The molecular weight excluding hydrogens is 288 g/mol. The lowest BCUT2D eigenvalue weighted by Gasteiger charge is -2.07. The number of hydrogen-bond donors (Lipinski definition) is 3. The van der Waals surface area contributed by atoms with Crippen molar-refractivity contribution in [1.82, 2.24) is 0 Å². The predicted molar refractivity (Wildman–Crippen MR) is 92.4 cm³/mol. The van der Waals surface area contributed by atoms with Gasteiger partial charge in [-0.25, -0.2) is 0 Å². The van der Waals surface area contributed by atoms with Crippen molar-refractivity contribution in [1.29, 1.82) is 0 Å². The molecule has 0 radical (unpaired) electrons. The Labute approximate surface area is 134 Å². The Morgan fingerprint density at radius 3 is 2.09 bits per heavy atom. The Hall–Kier alpha value is -3.27. The molecule has 0 aromatic heterocycles. The highest BCUT2D eigenvalue weighted by molar-refractivity contribution is 6.04. The van der Waals surface area contributed by atoms with Crippen LogP contribution in [0.1, 0.15) is 10.4 Å². The van der Waals surface area contributed by atoms with Gasteiger partial charge >= 0.3 is 0 Å². The van der Waals surface area contributed by atoms with E-state index in [1.165, 1.54) is 0 Å². The minimum Gasteiger partial charge on any atom is -0.508 e. The average molecular weight is 304 g/mol. The number of anilines is 2. The molecule has 0 saturated carbocycles. The highest BCUT2D eigenvalue weighted by Crippen LogP contribution is 2.22. The van der Waals surface area contributed by atoms with Gasteiger partial charge in [-0.05, 0) is 53.6 Å². The van der Waals surface area contributed by atoms with Crippen LogP contribution < -0.4 is 11.1 Å². The molecule has 4 nitrogen and oxygen atoms in total. The minimum atomic E-state index is -0.187. The van der Waals surface area contributed by atoms with Crippen LogP contribution in [0.15, 0.2) is 72.8 Å². The molecule has 0 heterocycles. The number of amides is 1. The molecule has 0 aliphatic heterocycles. The van der Waals surface area contributed by atoms with Crippen LogP contribution in [-0.4, -0.2) is 11.0 Å². The fourth-order valence-corrected chi connectivity index (χ4v) is 2.29. The molecule has 23 heavy (non-hydrogen) atoms. The van der Waals surface area contributed by atoms with Gasteiger partial charge in [-0.3, -0.25) is 4.79 Å². The number of hydrogen-bond acceptors (Lipinski definition) is 3. The van der Waals surface area contributed by atoms with Crippen LogP contribution in [0.3, 0.4) is 0 Å². The molecule has 0 fully saturated rings. The monoisotopic (exact) mass is 304 g/mol. The molecule has 0 unspecified atom stereocenters. The summed E-state index contributed by atoms with van der Waals surface area (Å²) in [4.78, 5) is 12.2. The third-order valence-electron chi connectivity index (χ3n) is 3.49. The van der Waals surface area contributed by atoms with Crippen molar-refractivity contribution in [2.75, 3.05) is 11.1 Å². The van der Waals surface area contributed by atoms with Crippen LogP contribution in [-0.2, 0) is 0 Å². The first-order valence-electron chi connectivity index (χ1n) is 7.18. The van der Waals surface area contributed by atoms with Crippen LogP contribution in [0.5, 0.6) is 5.75 Å². The molecule has 0 spiro atoms. The second kappa shape index (κ2) is 6.23. The Balaban J connectivity index is 1.76. The Bertz CT molecular complexity index is 825. The van der Waals surface area contributed by atoms with Gasteiger partial charge in [0.05, 0.1) is 0 Å². The molecule has 114 valence electrons. The molecule has 0 saturated heterocycles. The number of nitrogen functional groups attached to an aromatic ring is 1. The normalized spacial score (nSPS) is 10.3. The van der Waals surface area contributed by atoms with E-state index in [4.69, 9.17) is 5.73 Å². The predicted octanol–water partition coefficient (Wildman–Crippen LogP) is 3.89. The maximum absolute atomic E-state index is 12.2. The summed E-state index contributed by atoms with van der Waals surface area (Å²) in [6, 6.07) is 21.3. The Morgan fingerprint density at radius 2 is 1.48 bits per heavy atom. The first kappa shape index (κ1) is 14.7. The lowest BCUT2D eigenvalue weighted by molar-refractivity contribution is 0.102. The molecular formula is C19H16N2O2. The molecule has 0 bridgehead atoms. The van der Waals surface area contributed by atoms with E-state index in [2.05, 4.69) is 5.32 Å². The van der Waals surface area contributed by atoms with Gasteiger partial charge in [-0.2, -0.15) is 0 Å². The number of phenols is 1. The topological polar surface area (TPSA) is 75.3 Å². The molecule has 0 aliphatic carbocycles. The SMILES string of the molecule is Nc1cccc(NC(=O)c2ccc(-c3ccc(O)cc3)cc2)c1. The summed E-state index contributed by atoms with van der Waals surface area (Å²) in [5.74, 6) is 0.0414.